The molecule has 2 aromatic heterocycles. The number of anilines is 1. The Morgan fingerprint density at radius 2 is 1.81 bits per heavy atom. The summed E-state index contributed by atoms with van der Waals surface area (Å²) in [4.78, 5) is 32.3. The molecule has 1 aliphatic rings. The number of hydrogen-bond donors (Lipinski definition) is 1. The summed E-state index contributed by atoms with van der Waals surface area (Å²) in [5.41, 5.74) is 4.26. The second-order valence-electron chi connectivity index (χ2n) is 7.82. The van der Waals surface area contributed by atoms with E-state index in [0.29, 0.717) is 11.3 Å². The van der Waals surface area contributed by atoms with Gasteiger partial charge < -0.3 is 14.8 Å². The lowest BCUT2D eigenvalue weighted by Crippen LogP contribution is -2.44. The van der Waals surface area contributed by atoms with Gasteiger partial charge in [0, 0.05) is 41.5 Å². The van der Waals surface area contributed by atoms with E-state index in [1.807, 2.05) is 43.4 Å². The lowest BCUT2D eigenvalue weighted by atomic mass is 9.97. The topological polar surface area (TPSA) is 67.2 Å². The average Bonchev–Trinajstić information content (AvgIpc) is 3.28. The van der Waals surface area contributed by atoms with Crippen molar-refractivity contribution in [1.29, 1.82) is 0 Å². The third kappa shape index (κ3) is 3.08. The third-order valence-corrected chi connectivity index (χ3v) is 5.95. The van der Waals surface area contributed by atoms with Crippen LogP contribution in [-0.2, 0) is 11.8 Å². The Labute approximate surface area is 180 Å². The highest BCUT2D eigenvalue weighted by Gasteiger charge is 2.43. The van der Waals surface area contributed by atoms with Crippen molar-refractivity contribution < 1.29 is 9.59 Å². The first-order valence-electron chi connectivity index (χ1n) is 10.2. The van der Waals surface area contributed by atoms with E-state index in [9.17, 15) is 9.59 Å². The van der Waals surface area contributed by atoms with Crippen LogP contribution in [0.1, 0.15) is 34.5 Å². The minimum Gasteiger partial charge on any atom is -0.350 e. The number of para-hydroxylation sites is 1. The molecule has 2 amide bonds. The Morgan fingerprint density at radius 1 is 1.03 bits per heavy atom. The van der Waals surface area contributed by atoms with Crippen molar-refractivity contribution in [2.24, 2.45) is 7.05 Å². The molecule has 2 aromatic carbocycles. The minimum absolute atomic E-state index is 0.137. The summed E-state index contributed by atoms with van der Waals surface area (Å²) in [7, 11) is 2.00. The van der Waals surface area contributed by atoms with Gasteiger partial charge in [-0.25, -0.2) is 0 Å². The number of fused-ring (bicyclic) bond motifs is 2. The predicted octanol–water partition coefficient (Wildman–Crippen LogP) is 4.15. The number of hydrogen-bond acceptors (Lipinski definition) is 3. The molecule has 3 heterocycles. The molecular formula is C25H22N4O2. The van der Waals surface area contributed by atoms with Gasteiger partial charge in [0.15, 0.2) is 0 Å². The zero-order valence-electron chi connectivity index (χ0n) is 17.3. The number of aryl methyl sites for hydroxylation is 1. The number of aromatic nitrogens is 2. The average molecular weight is 410 g/mol. The molecule has 0 saturated heterocycles. The molecule has 6 heteroatoms. The fraction of sp³-hybridized carbons (Fsp3) is 0.160. The molecule has 31 heavy (non-hydrogen) atoms. The zero-order valence-corrected chi connectivity index (χ0v) is 17.3. The molecule has 4 aromatic rings. The number of rotatable bonds is 4. The number of pyridine rings is 1. The molecule has 0 bridgehead atoms. The zero-order chi connectivity index (χ0) is 21.5. The van der Waals surface area contributed by atoms with Crippen molar-refractivity contribution in [1.82, 2.24) is 14.5 Å². The molecule has 0 unspecified atom stereocenters. The summed E-state index contributed by atoms with van der Waals surface area (Å²) in [5, 5.41) is 3.95. The van der Waals surface area contributed by atoms with Crippen LogP contribution in [-0.4, -0.2) is 32.3 Å². The second kappa shape index (κ2) is 7.40. The number of carbonyl (C=O) groups is 2. The molecule has 5 rings (SSSR count). The number of nitrogens with zero attached hydrogens (tertiary/aromatic N) is 3. The summed E-state index contributed by atoms with van der Waals surface area (Å²) in [5.74, 6) is -0.387. The Bertz CT molecular complexity index is 1300. The lowest BCUT2D eigenvalue weighted by molar-refractivity contribution is -0.120. The summed E-state index contributed by atoms with van der Waals surface area (Å²) < 4.78 is 2.06. The van der Waals surface area contributed by atoms with Crippen LogP contribution in [0.4, 0.5) is 5.69 Å². The van der Waals surface area contributed by atoms with Crippen molar-refractivity contribution >= 4 is 28.4 Å². The van der Waals surface area contributed by atoms with Gasteiger partial charge in [0.05, 0.1) is 17.9 Å². The van der Waals surface area contributed by atoms with E-state index in [1.54, 1.807) is 36.4 Å². The van der Waals surface area contributed by atoms with Crippen molar-refractivity contribution in [2.45, 2.75) is 19.0 Å². The van der Waals surface area contributed by atoms with Crippen LogP contribution < -0.4 is 5.32 Å². The van der Waals surface area contributed by atoms with E-state index < -0.39 is 6.04 Å². The highest BCUT2D eigenvalue weighted by atomic mass is 16.2. The summed E-state index contributed by atoms with van der Waals surface area (Å²) >= 11 is 0. The van der Waals surface area contributed by atoms with E-state index >= 15 is 0 Å². The lowest BCUT2D eigenvalue weighted by Gasteiger charge is -2.30. The second-order valence-corrected chi connectivity index (χ2v) is 7.82. The van der Waals surface area contributed by atoms with Crippen LogP contribution in [0.2, 0.25) is 0 Å². The van der Waals surface area contributed by atoms with Crippen molar-refractivity contribution in [2.75, 3.05) is 5.32 Å². The first-order chi connectivity index (χ1) is 15.1. The van der Waals surface area contributed by atoms with Gasteiger partial charge in [0.25, 0.3) is 5.91 Å². The molecule has 6 nitrogen and oxygen atoms in total. The molecule has 1 N–H and O–H groups in total. The molecular weight excluding hydrogens is 388 g/mol. The maximum absolute atomic E-state index is 13.4. The standard InChI is InChI=1S/C25H22N4O2/c1-16(24(30)27-17-8-7-13-26-14-17)29-23(19-10-3-4-11-20(19)25(29)31)21-15-28(2)22-12-6-5-9-18(21)22/h3-16,23H,1-2H3,(H,27,30)/t16-,23-/m1/s1. The van der Waals surface area contributed by atoms with Crippen molar-refractivity contribution in [3.05, 3.63) is 95.9 Å². The maximum Gasteiger partial charge on any atom is 0.255 e. The monoisotopic (exact) mass is 410 g/mol. The number of benzene rings is 2. The first-order valence-corrected chi connectivity index (χ1v) is 10.2. The van der Waals surface area contributed by atoms with Gasteiger partial charge >= 0.3 is 0 Å². The largest absolute Gasteiger partial charge is 0.350 e. The van der Waals surface area contributed by atoms with Gasteiger partial charge in [-0.05, 0) is 36.8 Å². The molecule has 0 spiro atoms. The molecule has 0 radical (unpaired) electrons. The number of amides is 2. The van der Waals surface area contributed by atoms with Crippen LogP contribution in [0.3, 0.4) is 0 Å². The summed E-state index contributed by atoms with van der Waals surface area (Å²) in [6.45, 7) is 1.77. The van der Waals surface area contributed by atoms with E-state index in [4.69, 9.17) is 0 Å². The smallest absolute Gasteiger partial charge is 0.255 e. The summed E-state index contributed by atoms with van der Waals surface area (Å²) in [6.07, 6.45) is 5.30. The third-order valence-electron chi connectivity index (χ3n) is 5.95. The Kier molecular flexibility index (Phi) is 4.55. The van der Waals surface area contributed by atoms with Crippen molar-refractivity contribution in [3.63, 3.8) is 0 Å². The van der Waals surface area contributed by atoms with Crippen LogP contribution in [0, 0.1) is 0 Å². The van der Waals surface area contributed by atoms with Gasteiger partial charge in [0.2, 0.25) is 5.91 Å². The van der Waals surface area contributed by atoms with E-state index in [2.05, 4.69) is 33.2 Å². The number of carbonyl (C=O) groups excluding carboxylic acids is 2. The Morgan fingerprint density at radius 3 is 2.61 bits per heavy atom. The normalized spacial score (nSPS) is 16.4. The minimum atomic E-state index is -0.677. The van der Waals surface area contributed by atoms with Crippen LogP contribution in [0.15, 0.2) is 79.3 Å². The SMILES string of the molecule is C[C@H](C(=O)Nc1cccnc1)N1C(=O)c2ccccc2[C@@H]1c1cn(C)c2ccccc12. The van der Waals surface area contributed by atoms with Crippen molar-refractivity contribution in [3.8, 4) is 0 Å². The van der Waals surface area contributed by atoms with Gasteiger partial charge in [-0.2, -0.15) is 0 Å². The molecule has 2 atom stereocenters. The highest BCUT2D eigenvalue weighted by Crippen LogP contribution is 2.42. The van der Waals surface area contributed by atoms with Gasteiger partial charge in [-0.1, -0.05) is 36.4 Å². The predicted molar refractivity (Wildman–Crippen MR) is 120 cm³/mol. The van der Waals surface area contributed by atoms with E-state index in [0.717, 1.165) is 22.0 Å². The highest BCUT2D eigenvalue weighted by molar-refractivity contribution is 6.05. The Hall–Kier alpha value is -3.93. The van der Waals surface area contributed by atoms with Crippen LogP contribution >= 0.6 is 0 Å². The molecule has 0 saturated carbocycles. The fourth-order valence-electron chi connectivity index (χ4n) is 4.45. The molecule has 1 aliphatic heterocycles. The molecule has 154 valence electrons. The first kappa shape index (κ1) is 19.1. The van der Waals surface area contributed by atoms with Gasteiger partial charge in [-0.3, -0.25) is 14.6 Å². The molecule has 0 aliphatic carbocycles. The number of nitrogens with one attached hydrogen (secondary N) is 1. The fourth-order valence-corrected chi connectivity index (χ4v) is 4.45. The van der Waals surface area contributed by atoms with Crippen LogP contribution in [0.5, 0.6) is 0 Å². The Balaban J connectivity index is 1.60. The van der Waals surface area contributed by atoms with Gasteiger partial charge in [-0.15, -0.1) is 0 Å². The van der Waals surface area contributed by atoms with Crippen LogP contribution in [0.25, 0.3) is 10.9 Å². The van der Waals surface area contributed by atoms with E-state index in [-0.39, 0.29) is 17.9 Å². The quantitative estimate of drug-likeness (QED) is 0.550. The molecule has 0 fully saturated rings. The summed E-state index contributed by atoms with van der Waals surface area (Å²) in [6, 6.07) is 18.3. The van der Waals surface area contributed by atoms with Gasteiger partial charge in [0.1, 0.15) is 6.04 Å². The maximum atomic E-state index is 13.4. The van der Waals surface area contributed by atoms with E-state index in [1.165, 1.54) is 0 Å².